The zero-order valence-corrected chi connectivity index (χ0v) is 11.0. The molecule has 0 aromatic carbocycles. The lowest BCUT2D eigenvalue weighted by molar-refractivity contribution is 0.0327. The van der Waals surface area contributed by atoms with Gasteiger partial charge in [0.15, 0.2) is 0 Å². The van der Waals surface area contributed by atoms with Crippen molar-refractivity contribution >= 4 is 11.5 Å². The molecule has 1 aliphatic rings. The molecule has 1 heterocycles. The summed E-state index contributed by atoms with van der Waals surface area (Å²) in [6, 6.07) is 0.456. The average molecular weight is 238 g/mol. The molecule has 0 atom stereocenters. The van der Waals surface area contributed by atoms with Crippen LogP contribution in [0.2, 0.25) is 0 Å². The number of rotatable bonds is 4. The Morgan fingerprint density at radius 2 is 2.12 bits per heavy atom. The molecule has 17 heavy (non-hydrogen) atoms. The van der Waals surface area contributed by atoms with Crippen LogP contribution < -0.4 is 11.1 Å². The molecule has 5 nitrogen and oxygen atoms in total. The maximum Gasteiger partial charge on any atom is 0.148 e. The van der Waals surface area contributed by atoms with Crippen LogP contribution in [0, 0.1) is 0 Å². The summed E-state index contributed by atoms with van der Waals surface area (Å²) in [6.45, 7) is 4.21. The van der Waals surface area contributed by atoms with E-state index in [1.807, 2.05) is 11.7 Å². The molecular formula is C12H22N4O. The molecule has 1 aromatic rings. The molecule has 0 radical (unpaired) electrons. The van der Waals surface area contributed by atoms with Crippen LogP contribution in [-0.2, 0) is 11.8 Å². The van der Waals surface area contributed by atoms with E-state index < -0.39 is 0 Å². The minimum atomic E-state index is 0.352. The Kier molecular flexibility index (Phi) is 3.28. The van der Waals surface area contributed by atoms with E-state index in [-0.39, 0.29) is 0 Å². The third-order valence-electron chi connectivity index (χ3n) is 3.43. The second-order valence-electron chi connectivity index (χ2n) is 5.10. The normalized spacial score (nSPS) is 23.8. The van der Waals surface area contributed by atoms with Crippen molar-refractivity contribution in [3.05, 3.63) is 5.69 Å². The molecule has 1 fully saturated rings. The molecule has 1 aromatic heterocycles. The first-order valence-corrected chi connectivity index (χ1v) is 6.14. The van der Waals surface area contributed by atoms with Crippen molar-refractivity contribution in [3.8, 4) is 0 Å². The molecule has 1 aliphatic carbocycles. The van der Waals surface area contributed by atoms with Crippen LogP contribution in [0.5, 0.6) is 0 Å². The van der Waals surface area contributed by atoms with Crippen molar-refractivity contribution in [2.75, 3.05) is 18.2 Å². The summed E-state index contributed by atoms with van der Waals surface area (Å²) in [4.78, 5) is 0. The van der Waals surface area contributed by atoms with Gasteiger partial charge in [0.05, 0.1) is 17.5 Å². The topological polar surface area (TPSA) is 65.1 Å². The van der Waals surface area contributed by atoms with Gasteiger partial charge in [0.25, 0.3) is 0 Å². The van der Waals surface area contributed by atoms with Crippen molar-refractivity contribution in [3.63, 3.8) is 0 Å². The van der Waals surface area contributed by atoms with Crippen LogP contribution >= 0.6 is 0 Å². The fraction of sp³-hybridized carbons (Fsp3) is 0.750. The van der Waals surface area contributed by atoms with Crippen LogP contribution in [-0.4, -0.2) is 29.0 Å². The monoisotopic (exact) mass is 238 g/mol. The number of methoxy groups -OCH3 is 1. The number of aryl methyl sites for hydroxylation is 1. The molecular weight excluding hydrogens is 216 g/mol. The second kappa shape index (κ2) is 4.56. The summed E-state index contributed by atoms with van der Waals surface area (Å²) in [5, 5.41) is 7.91. The van der Waals surface area contributed by atoms with Gasteiger partial charge in [-0.15, -0.1) is 0 Å². The first kappa shape index (κ1) is 12.2. The molecule has 0 saturated heterocycles. The van der Waals surface area contributed by atoms with Gasteiger partial charge in [0.1, 0.15) is 5.82 Å². The van der Waals surface area contributed by atoms with Crippen LogP contribution in [0.25, 0.3) is 0 Å². The predicted molar refractivity (Wildman–Crippen MR) is 69.2 cm³/mol. The minimum Gasteiger partial charge on any atom is -0.394 e. The van der Waals surface area contributed by atoms with E-state index in [0.29, 0.717) is 18.1 Å². The number of nitrogens with one attached hydrogen (secondary N) is 1. The fourth-order valence-corrected chi connectivity index (χ4v) is 2.23. The van der Waals surface area contributed by atoms with Gasteiger partial charge in [0, 0.05) is 20.2 Å². The highest BCUT2D eigenvalue weighted by Crippen LogP contribution is 2.32. The number of anilines is 2. The van der Waals surface area contributed by atoms with Crippen molar-refractivity contribution < 1.29 is 4.74 Å². The third-order valence-corrected chi connectivity index (χ3v) is 3.43. The first-order chi connectivity index (χ1) is 8.02. The van der Waals surface area contributed by atoms with Gasteiger partial charge in [-0.25, -0.2) is 0 Å². The quantitative estimate of drug-likeness (QED) is 0.838. The zero-order chi connectivity index (χ0) is 12.6. The maximum atomic E-state index is 6.12. The summed E-state index contributed by atoms with van der Waals surface area (Å²) < 4.78 is 7.10. The molecule has 2 rings (SSSR count). The Hall–Kier alpha value is -1.23. The average Bonchev–Trinajstić information content (AvgIpc) is 2.49. The van der Waals surface area contributed by atoms with Gasteiger partial charge in [-0.1, -0.05) is 13.8 Å². The summed E-state index contributed by atoms with van der Waals surface area (Å²) in [5.41, 5.74) is 7.87. The standard InChI is InChI=1S/C12H22N4O/c1-7(2)11-10(13)12(16(3)15-11)14-8-5-9(6-8)17-4/h7-9,14H,5-6,13H2,1-4H3. The number of hydrogen-bond donors (Lipinski definition) is 2. The Morgan fingerprint density at radius 3 is 2.59 bits per heavy atom. The Morgan fingerprint density at radius 1 is 1.47 bits per heavy atom. The van der Waals surface area contributed by atoms with Gasteiger partial charge in [-0.3, -0.25) is 4.68 Å². The van der Waals surface area contributed by atoms with E-state index >= 15 is 0 Å². The SMILES string of the molecule is COC1CC(Nc2c(N)c(C(C)C)nn2C)C1. The van der Waals surface area contributed by atoms with Gasteiger partial charge in [0.2, 0.25) is 0 Å². The lowest BCUT2D eigenvalue weighted by atomic mass is 9.89. The van der Waals surface area contributed by atoms with Crippen LogP contribution in [0.3, 0.4) is 0 Å². The number of hydrogen-bond acceptors (Lipinski definition) is 4. The molecule has 0 unspecified atom stereocenters. The Labute approximate surface area is 102 Å². The first-order valence-electron chi connectivity index (χ1n) is 6.14. The number of ether oxygens (including phenoxy) is 1. The molecule has 0 amide bonds. The van der Waals surface area contributed by atoms with Gasteiger partial charge in [-0.05, 0) is 18.8 Å². The van der Waals surface area contributed by atoms with E-state index in [0.717, 1.165) is 30.0 Å². The number of aromatic nitrogens is 2. The van der Waals surface area contributed by atoms with Crippen LogP contribution in [0.4, 0.5) is 11.5 Å². The van der Waals surface area contributed by atoms with E-state index in [4.69, 9.17) is 10.5 Å². The van der Waals surface area contributed by atoms with E-state index in [1.165, 1.54) is 0 Å². The minimum absolute atomic E-state index is 0.352. The predicted octanol–water partition coefficient (Wildman–Crippen LogP) is 1.71. The highest BCUT2D eigenvalue weighted by atomic mass is 16.5. The van der Waals surface area contributed by atoms with E-state index in [9.17, 15) is 0 Å². The highest BCUT2D eigenvalue weighted by molar-refractivity contribution is 5.66. The van der Waals surface area contributed by atoms with Crippen molar-refractivity contribution in [1.82, 2.24) is 9.78 Å². The highest BCUT2D eigenvalue weighted by Gasteiger charge is 2.30. The number of nitrogens with two attached hydrogens (primary N) is 1. The summed E-state index contributed by atoms with van der Waals surface area (Å²) in [5.74, 6) is 1.29. The lowest BCUT2D eigenvalue weighted by Crippen LogP contribution is -2.40. The van der Waals surface area contributed by atoms with Gasteiger partial charge in [-0.2, -0.15) is 5.10 Å². The number of nitrogens with zero attached hydrogens (tertiary/aromatic N) is 2. The molecule has 0 bridgehead atoms. The number of nitrogen functional groups attached to an aromatic ring is 1. The fourth-order valence-electron chi connectivity index (χ4n) is 2.23. The molecule has 96 valence electrons. The lowest BCUT2D eigenvalue weighted by Gasteiger charge is -2.35. The van der Waals surface area contributed by atoms with Crippen LogP contribution in [0.1, 0.15) is 38.3 Å². The Balaban J connectivity index is 2.06. The zero-order valence-electron chi connectivity index (χ0n) is 11.0. The summed E-state index contributed by atoms with van der Waals surface area (Å²) in [6.07, 6.45) is 2.47. The largest absolute Gasteiger partial charge is 0.394 e. The van der Waals surface area contributed by atoms with Crippen molar-refractivity contribution in [2.24, 2.45) is 7.05 Å². The summed E-state index contributed by atoms with van der Waals surface area (Å²) >= 11 is 0. The molecule has 1 saturated carbocycles. The third kappa shape index (κ3) is 2.24. The second-order valence-corrected chi connectivity index (χ2v) is 5.10. The van der Waals surface area contributed by atoms with Crippen molar-refractivity contribution in [2.45, 2.75) is 44.8 Å². The van der Waals surface area contributed by atoms with Gasteiger partial charge < -0.3 is 15.8 Å². The maximum absolute atomic E-state index is 6.12. The Bertz CT molecular complexity index is 393. The molecule has 0 aliphatic heterocycles. The smallest absolute Gasteiger partial charge is 0.148 e. The van der Waals surface area contributed by atoms with E-state index in [1.54, 1.807) is 7.11 Å². The molecule has 3 N–H and O–H groups in total. The molecule has 5 heteroatoms. The molecule has 0 spiro atoms. The van der Waals surface area contributed by atoms with Crippen molar-refractivity contribution in [1.29, 1.82) is 0 Å². The van der Waals surface area contributed by atoms with E-state index in [2.05, 4.69) is 24.3 Å². The summed E-state index contributed by atoms with van der Waals surface area (Å²) in [7, 11) is 3.69. The van der Waals surface area contributed by atoms with Crippen LogP contribution in [0.15, 0.2) is 0 Å². The van der Waals surface area contributed by atoms with Gasteiger partial charge >= 0.3 is 0 Å².